The second kappa shape index (κ2) is 8.96. The SMILES string of the molecule is N#Cc1ccc(O[C@H]2CN(S(=O)(=O)c3ccc(Cl)c(OC(F)(F)F)c3)C[C@@]2(O)CO)cc1F. The van der Waals surface area contributed by atoms with Crippen molar-refractivity contribution < 1.29 is 45.7 Å². The van der Waals surface area contributed by atoms with E-state index in [1.165, 1.54) is 6.07 Å². The molecule has 0 saturated carbocycles. The number of ether oxygens (including phenoxy) is 2. The number of aliphatic hydroxyl groups is 2. The molecule has 178 valence electrons. The zero-order chi connectivity index (χ0) is 24.6. The third-order valence-electron chi connectivity index (χ3n) is 4.80. The maximum absolute atomic E-state index is 13.9. The first-order valence-electron chi connectivity index (χ1n) is 9.04. The molecule has 0 aliphatic carbocycles. The van der Waals surface area contributed by atoms with Crippen molar-refractivity contribution in [3.63, 3.8) is 0 Å². The minimum absolute atomic E-state index is 0.144. The van der Waals surface area contributed by atoms with Crippen LogP contribution in [0.1, 0.15) is 5.56 Å². The van der Waals surface area contributed by atoms with Gasteiger partial charge in [-0.05, 0) is 24.3 Å². The highest BCUT2D eigenvalue weighted by Crippen LogP contribution is 2.35. The first-order chi connectivity index (χ1) is 15.3. The van der Waals surface area contributed by atoms with E-state index >= 15 is 0 Å². The summed E-state index contributed by atoms with van der Waals surface area (Å²) >= 11 is 5.65. The highest BCUT2D eigenvalue weighted by atomic mass is 35.5. The smallest absolute Gasteiger partial charge is 0.486 e. The van der Waals surface area contributed by atoms with Crippen molar-refractivity contribution in [3.8, 4) is 17.6 Å². The molecule has 2 aromatic rings. The molecule has 2 aromatic carbocycles. The molecule has 1 heterocycles. The largest absolute Gasteiger partial charge is 0.573 e. The lowest BCUT2D eigenvalue weighted by Crippen LogP contribution is -2.48. The zero-order valence-electron chi connectivity index (χ0n) is 16.4. The van der Waals surface area contributed by atoms with Crippen LogP contribution in [0.2, 0.25) is 5.02 Å². The van der Waals surface area contributed by atoms with E-state index < -0.39 is 69.3 Å². The van der Waals surface area contributed by atoms with Gasteiger partial charge in [0.05, 0.1) is 28.6 Å². The molecule has 8 nitrogen and oxygen atoms in total. The number of alkyl halides is 3. The number of hydrogen-bond donors (Lipinski definition) is 2. The van der Waals surface area contributed by atoms with Gasteiger partial charge in [-0.1, -0.05) is 11.6 Å². The molecule has 3 rings (SSSR count). The lowest BCUT2D eigenvalue weighted by molar-refractivity contribution is -0.274. The predicted molar refractivity (Wildman–Crippen MR) is 104 cm³/mol. The number of hydrogen-bond acceptors (Lipinski definition) is 7. The predicted octanol–water partition coefficient (Wildman–Crippen LogP) is 2.42. The van der Waals surface area contributed by atoms with Crippen molar-refractivity contribution in [3.05, 3.63) is 52.8 Å². The van der Waals surface area contributed by atoms with Crippen LogP contribution in [-0.2, 0) is 10.0 Å². The molecule has 2 atom stereocenters. The van der Waals surface area contributed by atoms with Crippen LogP contribution in [0.4, 0.5) is 17.6 Å². The van der Waals surface area contributed by atoms with Gasteiger partial charge in [-0.2, -0.15) is 9.57 Å². The molecule has 33 heavy (non-hydrogen) atoms. The van der Waals surface area contributed by atoms with Crippen LogP contribution < -0.4 is 9.47 Å². The molecule has 0 radical (unpaired) electrons. The Labute approximate surface area is 190 Å². The number of nitriles is 1. The van der Waals surface area contributed by atoms with E-state index in [0.717, 1.165) is 24.3 Å². The molecule has 0 bridgehead atoms. The summed E-state index contributed by atoms with van der Waals surface area (Å²) in [5.41, 5.74) is -2.38. The standard InChI is InChI=1S/C19H15ClF4N2O6S/c20-14-4-3-13(6-16(14)32-19(22,23)24)33(29,30)26-8-17(18(28,9-26)10-27)31-12-2-1-11(7-25)15(21)5-12/h1-6,17,27-28H,8-10H2/t17-,18+/m0/s1. The maximum atomic E-state index is 13.9. The summed E-state index contributed by atoms with van der Waals surface area (Å²) in [4.78, 5) is -0.614. The van der Waals surface area contributed by atoms with Crippen molar-refractivity contribution in [2.24, 2.45) is 0 Å². The van der Waals surface area contributed by atoms with Crippen molar-refractivity contribution in [1.82, 2.24) is 4.31 Å². The molecule has 0 spiro atoms. The van der Waals surface area contributed by atoms with Crippen molar-refractivity contribution >= 4 is 21.6 Å². The molecule has 1 saturated heterocycles. The lowest BCUT2D eigenvalue weighted by atomic mass is 10.0. The fourth-order valence-electron chi connectivity index (χ4n) is 3.13. The number of aliphatic hydroxyl groups excluding tert-OH is 1. The minimum atomic E-state index is -5.12. The number of nitrogens with zero attached hydrogens (tertiary/aromatic N) is 2. The van der Waals surface area contributed by atoms with Crippen LogP contribution in [0.15, 0.2) is 41.3 Å². The van der Waals surface area contributed by atoms with Crippen LogP contribution in [0.5, 0.6) is 11.5 Å². The van der Waals surface area contributed by atoms with Gasteiger partial charge < -0.3 is 19.7 Å². The summed E-state index contributed by atoms with van der Waals surface area (Å²) < 4.78 is 87.5. The Morgan fingerprint density at radius 3 is 2.55 bits per heavy atom. The zero-order valence-corrected chi connectivity index (χ0v) is 18.0. The number of sulfonamides is 1. The molecule has 1 aliphatic heterocycles. The fraction of sp³-hybridized carbons (Fsp3) is 0.316. The molecule has 2 N–H and O–H groups in total. The van der Waals surface area contributed by atoms with Gasteiger partial charge in [0.1, 0.15) is 35.1 Å². The van der Waals surface area contributed by atoms with E-state index in [1.807, 2.05) is 0 Å². The third kappa shape index (κ3) is 5.31. The summed E-state index contributed by atoms with van der Waals surface area (Å²) in [6, 6.07) is 7.22. The van der Waals surface area contributed by atoms with Gasteiger partial charge in [0.25, 0.3) is 0 Å². The highest BCUT2D eigenvalue weighted by molar-refractivity contribution is 7.89. The average molecular weight is 511 g/mol. The fourth-order valence-corrected chi connectivity index (χ4v) is 4.80. The normalized spacial score (nSPS) is 21.6. The van der Waals surface area contributed by atoms with E-state index in [2.05, 4.69) is 4.74 Å². The third-order valence-corrected chi connectivity index (χ3v) is 6.92. The molecule has 1 fully saturated rings. The van der Waals surface area contributed by atoms with E-state index in [0.29, 0.717) is 10.4 Å². The van der Waals surface area contributed by atoms with Gasteiger partial charge in [-0.25, -0.2) is 12.8 Å². The summed E-state index contributed by atoms with van der Waals surface area (Å²) in [6.07, 6.45) is -6.49. The van der Waals surface area contributed by atoms with Gasteiger partial charge in [0.15, 0.2) is 0 Å². The Morgan fingerprint density at radius 1 is 1.27 bits per heavy atom. The second-order valence-corrected chi connectivity index (χ2v) is 9.40. The molecule has 0 aromatic heterocycles. The molecule has 14 heteroatoms. The number of halogens is 5. The second-order valence-electron chi connectivity index (χ2n) is 7.06. The van der Waals surface area contributed by atoms with Crippen LogP contribution in [-0.4, -0.2) is 60.7 Å². The number of β-amino-alcohol motifs (C(OH)–C–C–N with tert-alkyl or cyclic N) is 1. The van der Waals surface area contributed by atoms with E-state index in [1.54, 1.807) is 6.07 Å². The van der Waals surface area contributed by atoms with Crippen LogP contribution in [0.25, 0.3) is 0 Å². The molecular weight excluding hydrogens is 496 g/mol. The monoisotopic (exact) mass is 510 g/mol. The first-order valence-corrected chi connectivity index (χ1v) is 10.9. The van der Waals surface area contributed by atoms with E-state index in [4.69, 9.17) is 21.6 Å². The van der Waals surface area contributed by atoms with Gasteiger partial charge >= 0.3 is 6.36 Å². The van der Waals surface area contributed by atoms with Crippen molar-refractivity contribution in [2.45, 2.75) is 23.0 Å². The molecular formula is C19H15ClF4N2O6S. The minimum Gasteiger partial charge on any atom is -0.486 e. The van der Waals surface area contributed by atoms with Crippen LogP contribution in [0.3, 0.4) is 0 Å². The first kappa shape index (κ1) is 25.0. The number of rotatable bonds is 6. The molecule has 0 unspecified atom stereocenters. The molecule has 1 aliphatic rings. The van der Waals surface area contributed by atoms with Crippen molar-refractivity contribution in [1.29, 1.82) is 5.26 Å². The highest BCUT2D eigenvalue weighted by Gasteiger charge is 2.51. The Hall–Kier alpha value is -2.63. The summed E-state index contributed by atoms with van der Waals surface area (Å²) in [7, 11) is -4.50. The summed E-state index contributed by atoms with van der Waals surface area (Å²) in [5.74, 6) is -2.00. The Bertz CT molecular complexity index is 1200. The Balaban J connectivity index is 1.89. The summed E-state index contributed by atoms with van der Waals surface area (Å²) in [5, 5.41) is 28.6. The Morgan fingerprint density at radius 2 is 1.97 bits per heavy atom. The van der Waals surface area contributed by atoms with Crippen molar-refractivity contribution in [2.75, 3.05) is 19.7 Å². The van der Waals surface area contributed by atoms with Gasteiger partial charge in [-0.3, -0.25) is 0 Å². The maximum Gasteiger partial charge on any atom is 0.573 e. The van der Waals surface area contributed by atoms with E-state index in [-0.39, 0.29) is 11.3 Å². The van der Waals surface area contributed by atoms with Crippen LogP contribution in [0, 0.1) is 17.1 Å². The Kier molecular flexibility index (Phi) is 6.79. The van der Waals surface area contributed by atoms with Gasteiger partial charge in [0.2, 0.25) is 10.0 Å². The van der Waals surface area contributed by atoms with Gasteiger partial charge in [0, 0.05) is 18.7 Å². The lowest BCUT2D eigenvalue weighted by Gasteiger charge is -2.27. The van der Waals surface area contributed by atoms with E-state index in [9.17, 15) is 36.2 Å². The van der Waals surface area contributed by atoms with Gasteiger partial charge in [-0.15, -0.1) is 13.2 Å². The summed E-state index contributed by atoms with van der Waals surface area (Å²) in [6.45, 7) is -2.14. The van der Waals surface area contributed by atoms with Crippen LogP contribution >= 0.6 is 11.6 Å². The average Bonchev–Trinajstić information content (AvgIpc) is 3.06. The number of benzene rings is 2. The quantitative estimate of drug-likeness (QED) is 0.573. The molecule has 0 amide bonds. The topological polar surface area (TPSA) is 120 Å².